The van der Waals surface area contributed by atoms with Crippen LogP contribution in [0.15, 0.2) is 28.9 Å². The minimum absolute atomic E-state index is 0.0225. The molecule has 1 unspecified atom stereocenters. The van der Waals surface area contributed by atoms with Gasteiger partial charge in [0, 0.05) is 6.20 Å². The summed E-state index contributed by atoms with van der Waals surface area (Å²) < 4.78 is 5.10. The topological polar surface area (TPSA) is 92.9 Å². The van der Waals surface area contributed by atoms with Crippen LogP contribution >= 0.6 is 0 Å². The molecule has 0 aromatic carbocycles. The van der Waals surface area contributed by atoms with Crippen molar-refractivity contribution in [2.75, 3.05) is 11.9 Å². The summed E-state index contributed by atoms with van der Waals surface area (Å²) in [5.41, 5.74) is 0. The molecule has 2 aromatic heterocycles. The average molecular weight is 259 g/mol. The molecule has 1 aliphatic heterocycles. The second-order valence-corrected chi connectivity index (χ2v) is 4.27. The van der Waals surface area contributed by atoms with E-state index < -0.39 is 5.91 Å². The molecule has 1 aliphatic rings. The third kappa shape index (κ3) is 2.60. The van der Waals surface area contributed by atoms with Crippen LogP contribution in [0, 0.1) is 0 Å². The largest absolute Gasteiger partial charge is 0.337 e. The van der Waals surface area contributed by atoms with E-state index in [1.807, 2.05) is 0 Å². The van der Waals surface area contributed by atoms with E-state index in [4.69, 9.17) is 4.52 Å². The number of nitrogens with one attached hydrogen (secondary N) is 2. The first-order valence-electron chi connectivity index (χ1n) is 6.12. The third-order valence-corrected chi connectivity index (χ3v) is 2.91. The Morgan fingerprint density at radius 1 is 1.47 bits per heavy atom. The van der Waals surface area contributed by atoms with Gasteiger partial charge in [0.25, 0.3) is 11.7 Å². The van der Waals surface area contributed by atoms with Gasteiger partial charge < -0.3 is 15.2 Å². The van der Waals surface area contributed by atoms with Gasteiger partial charge in [0.05, 0.1) is 6.04 Å². The number of hydrogen-bond acceptors (Lipinski definition) is 6. The van der Waals surface area contributed by atoms with Gasteiger partial charge in [0.2, 0.25) is 5.89 Å². The fourth-order valence-corrected chi connectivity index (χ4v) is 1.97. The Kier molecular flexibility index (Phi) is 3.20. The van der Waals surface area contributed by atoms with E-state index in [9.17, 15) is 4.79 Å². The summed E-state index contributed by atoms with van der Waals surface area (Å²) in [7, 11) is 0. The fourth-order valence-electron chi connectivity index (χ4n) is 1.97. The highest BCUT2D eigenvalue weighted by Crippen LogP contribution is 2.21. The lowest BCUT2D eigenvalue weighted by molar-refractivity contribution is 0.101. The Labute approximate surface area is 109 Å². The summed E-state index contributed by atoms with van der Waals surface area (Å²) in [5, 5.41) is 9.53. The van der Waals surface area contributed by atoms with Gasteiger partial charge in [-0.2, -0.15) is 4.98 Å². The number of aromatic nitrogens is 3. The molecule has 1 atom stereocenters. The van der Waals surface area contributed by atoms with Gasteiger partial charge in [-0.05, 0) is 31.5 Å². The lowest BCUT2D eigenvalue weighted by Gasteiger charge is -2.01. The van der Waals surface area contributed by atoms with Gasteiger partial charge in [-0.15, -0.1) is 0 Å². The maximum Gasteiger partial charge on any atom is 0.298 e. The second kappa shape index (κ2) is 5.15. The van der Waals surface area contributed by atoms with Gasteiger partial charge in [0.15, 0.2) is 0 Å². The molecule has 0 spiro atoms. The number of anilines is 1. The van der Waals surface area contributed by atoms with Crippen LogP contribution in [0.4, 0.5) is 5.82 Å². The molecule has 0 radical (unpaired) electrons. The molecule has 19 heavy (non-hydrogen) atoms. The first kappa shape index (κ1) is 11.8. The van der Waals surface area contributed by atoms with E-state index in [2.05, 4.69) is 25.8 Å². The predicted octanol–water partition coefficient (Wildman–Crippen LogP) is 1.14. The van der Waals surface area contributed by atoms with E-state index in [0.717, 1.165) is 19.4 Å². The van der Waals surface area contributed by atoms with Crippen molar-refractivity contribution in [3.63, 3.8) is 0 Å². The Bertz CT molecular complexity index is 563. The second-order valence-electron chi connectivity index (χ2n) is 4.27. The van der Waals surface area contributed by atoms with Crippen molar-refractivity contribution in [2.45, 2.75) is 18.9 Å². The van der Waals surface area contributed by atoms with E-state index in [1.54, 1.807) is 24.4 Å². The number of pyridine rings is 1. The van der Waals surface area contributed by atoms with Crippen LogP contribution in [0.3, 0.4) is 0 Å². The van der Waals surface area contributed by atoms with Crippen molar-refractivity contribution in [2.24, 2.45) is 0 Å². The summed E-state index contributed by atoms with van der Waals surface area (Å²) in [6.45, 7) is 0.933. The standard InChI is InChI=1S/C12H13N5O2/c18-11(15-9-5-1-2-6-14-9)10-16-12(19-17-10)8-4-3-7-13-8/h1-2,5-6,8,13H,3-4,7H2,(H,14,15,18). The van der Waals surface area contributed by atoms with Crippen LogP contribution in [-0.2, 0) is 0 Å². The van der Waals surface area contributed by atoms with Crippen molar-refractivity contribution >= 4 is 11.7 Å². The quantitative estimate of drug-likeness (QED) is 0.858. The van der Waals surface area contributed by atoms with Crippen molar-refractivity contribution in [1.29, 1.82) is 0 Å². The van der Waals surface area contributed by atoms with E-state index >= 15 is 0 Å². The molecule has 0 bridgehead atoms. The average Bonchev–Trinajstić information content (AvgIpc) is 3.11. The maximum atomic E-state index is 11.9. The molecule has 98 valence electrons. The highest BCUT2D eigenvalue weighted by atomic mass is 16.5. The number of carbonyl (C=O) groups excluding carboxylic acids is 1. The zero-order valence-electron chi connectivity index (χ0n) is 10.2. The molecule has 1 saturated heterocycles. The van der Waals surface area contributed by atoms with Gasteiger partial charge >= 0.3 is 0 Å². The normalized spacial score (nSPS) is 18.4. The van der Waals surface area contributed by atoms with E-state index in [0.29, 0.717) is 11.7 Å². The molecule has 1 fully saturated rings. The zero-order chi connectivity index (χ0) is 13.1. The lowest BCUT2D eigenvalue weighted by atomic mass is 10.2. The maximum absolute atomic E-state index is 11.9. The highest BCUT2D eigenvalue weighted by molar-refractivity contribution is 6.00. The van der Waals surface area contributed by atoms with Crippen LogP contribution in [0.25, 0.3) is 0 Å². The smallest absolute Gasteiger partial charge is 0.298 e. The zero-order valence-corrected chi connectivity index (χ0v) is 10.2. The Balaban J connectivity index is 1.70. The molecular weight excluding hydrogens is 246 g/mol. The molecule has 3 rings (SSSR count). The van der Waals surface area contributed by atoms with Crippen molar-refractivity contribution < 1.29 is 9.32 Å². The van der Waals surface area contributed by atoms with Gasteiger partial charge in [0.1, 0.15) is 5.82 Å². The minimum Gasteiger partial charge on any atom is -0.337 e. The Morgan fingerprint density at radius 3 is 3.16 bits per heavy atom. The van der Waals surface area contributed by atoms with Crippen molar-refractivity contribution in [1.82, 2.24) is 20.4 Å². The third-order valence-electron chi connectivity index (χ3n) is 2.91. The summed E-state index contributed by atoms with van der Waals surface area (Å²) in [4.78, 5) is 20.0. The number of nitrogens with zero attached hydrogens (tertiary/aromatic N) is 3. The van der Waals surface area contributed by atoms with Crippen LogP contribution in [0.1, 0.15) is 35.4 Å². The van der Waals surface area contributed by atoms with Crippen LogP contribution < -0.4 is 10.6 Å². The number of rotatable bonds is 3. The fraction of sp³-hybridized carbons (Fsp3) is 0.333. The molecule has 7 nitrogen and oxygen atoms in total. The number of carbonyl (C=O) groups is 1. The van der Waals surface area contributed by atoms with Crippen molar-refractivity contribution in [3.8, 4) is 0 Å². The summed E-state index contributed by atoms with van der Waals surface area (Å²) >= 11 is 0. The van der Waals surface area contributed by atoms with E-state index in [-0.39, 0.29) is 11.9 Å². The molecule has 2 N–H and O–H groups in total. The first-order chi connectivity index (χ1) is 9.33. The Hall–Kier alpha value is -2.28. The van der Waals surface area contributed by atoms with Gasteiger partial charge in [-0.1, -0.05) is 11.2 Å². The molecule has 3 heterocycles. The lowest BCUT2D eigenvalue weighted by Crippen LogP contribution is -2.16. The molecule has 2 aromatic rings. The predicted molar refractivity (Wildman–Crippen MR) is 66.5 cm³/mol. The van der Waals surface area contributed by atoms with Gasteiger partial charge in [-0.25, -0.2) is 4.98 Å². The monoisotopic (exact) mass is 259 g/mol. The molecular formula is C12H13N5O2. The van der Waals surface area contributed by atoms with Crippen LogP contribution in [-0.4, -0.2) is 27.6 Å². The first-order valence-corrected chi connectivity index (χ1v) is 6.12. The SMILES string of the molecule is O=C(Nc1ccccn1)c1noc(C2CCCN2)n1. The molecule has 0 aliphatic carbocycles. The van der Waals surface area contributed by atoms with Crippen LogP contribution in [0.5, 0.6) is 0 Å². The summed E-state index contributed by atoms with van der Waals surface area (Å²) in [5.74, 6) is 0.516. The molecule has 7 heteroatoms. The highest BCUT2D eigenvalue weighted by Gasteiger charge is 2.24. The molecule has 0 saturated carbocycles. The van der Waals surface area contributed by atoms with Crippen LogP contribution in [0.2, 0.25) is 0 Å². The number of hydrogen-bond donors (Lipinski definition) is 2. The minimum atomic E-state index is -0.424. The van der Waals surface area contributed by atoms with Crippen molar-refractivity contribution in [3.05, 3.63) is 36.1 Å². The summed E-state index contributed by atoms with van der Waals surface area (Å²) in [6.07, 6.45) is 3.62. The van der Waals surface area contributed by atoms with Gasteiger partial charge in [-0.3, -0.25) is 4.79 Å². The molecule has 1 amide bonds. The Morgan fingerprint density at radius 2 is 2.42 bits per heavy atom. The summed E-state index contributed by atoms with van der Waals surface area (Å²) in [6, 6.07) is 5.31. The van der Waals surface area contributed by atoms with E-state index in [1.165, 1.54) is 0 Å². The number of amides is 1.